The van der Waals surface area contributed by atoms with Gasteiger partial charge in [-0.25, -0.2) is 4.98 Å². The quantitative estimate of drug-likeness (QED) is 0.865. The lowest BCUT2D eigenvalue weighted by Gasteiger charge is -2.00. The second-order valence-electron chi connectivity index (χ2n) is 3.41. The Morgan fingerprint density at radius 2 is 2.35 bits per heavy atom. The summed E-state index contributed by atoms with van der Waals surface area (Å²) in [5, 5.41) is 8.35. The van der Waals surface area contributed by atoms with E-state index in [1.807, 2.05) is 18.2 Å². The molecule has 6 heteroatoms. The number of aromatic nitrogens is 1. The average molecular weight is 269 g/mol. The number of carboxylic acids is 1. The van der Waals surface area contributed by atoms with Crippen LogP contribution < -0.4 is 4.74 Å². The second kappa shape index (κ2) is 4.93. The van der Waals surface area contributed by atoms with Gasteiger partial charge in [-0.2, -0.15) is 0 Å². The van der Waals surface area contributed by atoms with Gasteiger partial charge in [0, 0.05) is 6.07 Å². The molecule has 1 aromatic heterocycles. The molecule has 17 heavy (non-hydrogen) atoms. The van der Waals surface area contributed by atoms with Crippen LogP contribution in [0, 0.1) is 0 Å². The van der Waals surface area contributed by atoms with Gasteiger partial charge in [0.1, 0.15) is 11.0 Å². The number of methoxy groups -OCH3 is 1. The first-order valence-electron chi connectivity index (χ1n) is 4.94. The third kappa shape index (κ3) is 2.70. The molecule has 1 N–H and O–H groups in total. The van der Waals surface area contributed by atoms with Crippen molar-refractivity contribution >= 4 is 39.3 Å². The molecule has 0 bridgehead atoms. The number of hydrogen-bond donors (Lipinski definition) is 1. The van der Waals surface area contributed by atoms with Crippen molar-refractivity contribution in [3.63, 3.8) is 0 Å². The van der Waals surface area contributed by atoms with Crippen molar-refractivity contribution < 1.29 is 14.6 Å². The molecular formula is C11H11NO3S2. The van der Waals surface area contributed by atoms with E-state index in [4.69, 9.17) is 9.84 Å². The van der Waals surface area contributed by atoms with Gasteiger partial charge in [-0.1, -0.05) is 11.8 Å². The number of nitrogens with zero attached hydrogens (tertiary/aromatic N) is 1. The van der Waals surface area contributed by atoms with E-state index < -0.39 is 11.2 Å². The highest BCUT2D eigenvalue weighted by molar-refractivity contribution is 8.02. The fourth-order valence-corrected chi connectivity index (χ4v) is 3.39. The van der Waals surface area contributed by atoms with Crippen molar-refractivity contribution in [2.45, 2.75) is 16.5 Å². The van der Waals surface area contributed by atoms with Crippen LogP contribution >= 0.6 is 23.1 Å². The molecule has 1 aromatic carbocycles. The number of ether oxygens (including phenoxy) is 1. The maximum absolute atomic E-state index is 10.8. The van der Waals surface area contributed by atoms with E-state index in [1.165, 1.54) is 23.1 Å². The fourth-order valence-electron chi connectivity index (χ4n) is 1.27. The van der Waals surface area contributed by atoms with Crippen LogP contribution in [-0.4, -0.2) is 28.4 Å². The highest BCUT2D eigenvalue weighted by Crippen LogP contribution is 2.33. The van der Waals surface area contributed by atoms with E-state index in [0.717, 1.165) is 20.3 Å². The predicted octanol–water partition coefficient (Wildman–Crippen LogP) is 2.87. The third-order valence-electron chi connectivity index (χ3n) is 2.20. The molecule has 0 aliphatic carbocycles. The first-order chi connectivity index (χ1) is 8.10. The molecule has 0 amide bonds. The molecular weight excluding hydrogens is 258 g/mol. The predicted molar refractivity (Wildman–Crippen MR) is 69.1 cm³/mol. The first-order valence-corrected chi connectivity index (χ1v) is 6.64. The zero-order chi connectivity index (χ0) is 12.4. The molecule has 0 fully saturated rings. The lowest BCUT2D eigenvalue weighted by atomic mass is 10.3. The van der Waals surface area contributed by atoms with Gasteiger partial charge in [-0.3, -0.25) is 4.79 Å². The van der Waals surface area contributed by atoms with Gasteiger partial charge < -0.3 is 9.84 Å². The number of benzene rings is 1. The summed E-state index contributed by atoms with van der Waals surface area (Å²) in [5.74, 6) is -0.0718. The molecule has 1 atom stereocenters. The van der Waals surface area contributed by atoms with Gasteiger partial charge in [0.05, 0.1) is 17.3 Å². The van der Waals surface area contributed by atoms with Crippen LogP contribution in [-0.2, 0) is 4.79 Å². The maximum atomic E-state index is 10.8. The monoisotopic (exact) mass is 269 g/mol. The van der Waals surface area contributed by atoms with Crippen molar-refractivity contribution in [3.8, 4) is 5.75 Å². The molecule has 0 radical (unpaired) electrons. The highest BCUT2D eigenvalue weighted by atomic mass is 32.2. The van der Waals surface area contributed by atoms with Crippen molar-refractivity contribution in [2.75, 3.05) is 7.11 Å². The summed E-state index contributed by atoms with van der Waals surface area (Å²) in [6.45, 7) is 1.65. The molecule has 0 saturated carbocycles. The Kier molecular flexibility index (Phi) is 3.54. The molecule has 0 aliphatic rings. The Labute approximate surface area is 107 Å². The van der Waals surface area contributed by atoms with E-state index in [-0.39, 0.29) is 0 Å². The molecule has 2 rings (SSSR count). The van der Waals surface area contributed by atoms with Gasteiger partial charge in [-0.15, -0.1) is 11.3 Å². The van der Waals surface area contributed by atoms with Crippen LogP contribution in [0.3, 0.4) is 0 Å². The van der Waals surface area contributed by atoms with Crippen molar-refractivity contribution in [1.29, 1.82) is 0 Å². The minimum absolute atomic E-state index is 0.488. The van der Waals surface area contributed by atoms with Crippen LogP contribution in [0.4, 0.5) is 0 Å². The van der Waals surface area contributed by atoms with Crippen LogP contribution in [0.15, 0.2) is 22.5 Å². The van der Waals surface area contributed by atoms with E-state index in [1.54, 1.807) is 14.0 Å². The minimum Gasteiger partial charge on any atom is -0.497 e. The SMILES string of the molecule is COc1ccc2sc(SC(C)C(=O)O)nc2c1. The minimum atomic E-state index is -0.827. The molecule has 1 heterocycles. The Morgan fingerprint density at radius 1 is 1.59 bits per heavy atom. The number of fused-ring (bicyclic) bond motifs is 1. The van der Waals surface area contributed by atoms with Gasteiger partial charge in [0.15, 0.2) is 4.34 Å². The summed E-state index contributed by atoms with van der Waals surface area (Å²) >= 11 is 2.75. The molecule has 1 unspecified atom stereocenters. The first kappa shape index (κ1) is 12.2. The Bertz CT molecular complexity index is 553. The van der Waals surface area contributed by atoms with Crippen LogP contribution in [0.25, 0.3) is 10.2 Å². The standard InChI is InChI=1S/C11H11NO3S2/c1-6(10(13)14)16-11-12-8-5-7(15-2)3-4-9(8)17-11/h3-6H,1-2H3,(H,13,14). The zero-order valence-corrected chi connectivity index (χ0v) is 11.0. The van der Waals surface area contributed by atoms with Crippen molar-refractivity contribution in [2.24, 2.45) is 0 Å². The smallest absolute Gasteiger partial charge is 0.316 e. The van der Waals surface area contributed by atoms with E-state index in [0.29, 0.717) is 0 Å². The average Bonchev–Trinajstić information content (AvgIpc) is 2.69. The lowest BCUT2D eigenvalue weighted by Crippen LogP contribution is -2.10. The Balaban J connectivity index is 2.28. The topological polar surface area (TPSA) is 59.4 Å². The number of carboxylic acid groups (broad SMARTS) is 1. The number of carbonyl (C=O) groups is 1. The third-order valence-corrected chi connectivity index (χ3v) is 4.42. The Morgan fingerprint density at radius 3 is 3.00 bits per heavy atom. The lowest BCUT2D eigenvalue weighted by molar-refractivity contribution is -0.136. The van der Waals surface area contributed by atoms with Crippen molar-refractivity contribution in [1.82, 2.24) is 4.98 Å². The maximum Gasteiger partial charge on any atom is 0.316 e. The van der Waals surface area contributed by atoms with Crippen molar-refractivity contribution in [3.05, 3.63) is 18.2 Å². The summed E-state index contributed by atoms with van der Waals surface area (Å²) in [7, 11) is 1.61. The summed E-state index contributed by atoms with van der Waals surface area (Å²) < 4.78 is 6.91. The number of rotatable bonds is 4. The van der Waals surface area contributed by atoms with E-state index in [2.05, 4.69) is 4.98 Å². The van der Waals surface area contributed by atoms with E-state index >= 15 is 0 Å². The van der Waals surface area contributed by atoms with Crippen LogP contribution in [0.1, 0.15) is 6.92 Å². The molecule has 2 aromatic rings. The molecule has 4 nitrogen and oxygen atoms in total. The van der Waals surface area contributed by atoms with Gasteiger partial charge in [-0.05, 0) is 19.1 Å². The normalized spacial score (nSPS) is 12.6. The number of hydrogen-bond acceptors (Lipinski definition) is 5. The fraction of sp³-hybridized carbons (Fsp3) is 0.273. The summed E-state index contributed by atoms with van der Waals surface area (Å²) in [6.07, 6.45) is 0. The molecule has 90 valence electrons. The number of aliphatic carboxylic acids is 1. The molecule has 0 spiro atoms. The molecule has 0 aliphatic heterocycles. The number of thiazole rings is 1. The molecule has 0 saturated heterocycles. The van der Waals surface area contributed by atoms with Gasteiger partial charge in [0.25, 0.3) is 0 Å². The summed E-state index contributed by atoms with van der Waals surface area (Å²) in [5.41, 5.74) is 0.842. The van der Waals surface area contributed by atoms with Crippen LogP contribution in [0.2, 0.25) is 0 Å². The second-order valence-corrected chi connectivity index (χ2v) is 6.03. The van der Waals surface area contributed by atoms with Crippen LogP contribution in [0.5, 0.6) is 5.75 Å². The summed E-state index contributed by atoms with van der Waals surface area (Å²) in [6, 6.07) is 5.65. The van der Waals surface area contributed by atoms with E-state index in [9.17, 15) is 4.79 Å². The van der Waals surface area contributed by atoms with Gasteiger partial charge in [0.2, 0.25) is 0 Å². The summed E-state index contributed by atoms with van der Waals surface area (Å²) in [4.78, 5) is 15.1. The Hall–Kier alpha value is -1.27. The highest BCUT2D eigenvalue weighted by Gasteiger charge is 2.15. The van der Waals surface area contributed by atoms with Gasteiger partial charge >= 0.3 is 5.97 Å². The zero-order valence-electron chi connectivity index (χ0n) is 9.34. The largest absolute Gasteiger partial charge is 0.497 e. The number of thioether (sulfide) groups is 1.